The van der Waals surface area contributed by atoms with Crippen LogP contribution in [-0.4, -0.2) is 31.1 Å². The molecule has 21 heavy (non-hydrogen) atoms. The van der Waals surface area contributed by atoms with E-state index in [9.17, 15) is 0 Å². The van der Waals surface area contributed by atoms with E-state index in [1.165, 1.54) is 11.1 Å². The van der Waals surface area contributed by atoms with Gasteiger partial charge in [-0.3, -0.25) is 0 Å². The van der Waals surface area contributed by atoms with E-state index in [0.717, 1.165) is 25.3 Å². The summed E-state index contributed by atoms with van der Waals surface area (Å²) in [7, 11) is 2.19. The average molecular weight is 281 g/mol. The molecule has 1 aliphatic heterocycles. The van der Waals surface area contributed by atoms with Crippen molar-refractivity contribution in [3.63, 3.8) is 0 Å². The van der Waals surface area contributed by atoms with Crippen LogP contribution in [0, 0.1) is 6.92 Å². The fourth-order valence-corrected chi connectivity index (χ4v) is 3.05. The monoisotopic (exact) mass is 281 g/mol. The zero-order valence-corrected chi connectivity index (χ0v) is 12.8. The van der Waals surface area contributed by atoms with Gasteiger partial charge in [-0.1, -0.05) is 48.0 Å². The fraction of sp³-hybridized carbons (Fsp3) is 0.368. The Balaban J connectivity index is 1.79. The van der Waals surface area contributed by atoms with E-state index in [1.54, 1.807) is 0 Å². The first-order valence-corrected chi connectivity index (χ1v) is 7.69. The first-order chi connectivity index (χ1) is 10.2. The molecule has 2 heteroatoms. The van der Waals surface area contributed by atoms with Crippen LogP contribution in [0.15, 0.2) is 54.6 Å². The molecule has 1 saturated heterocycles. The maximum Gasteiger partial charge on any atom is 0.119 e. The van der Waals surface area contributed by atoms with Crippen LogP contribution in [0.3, 0.4) is 0 Å². The lowest BCUT2D eigenvalue weighted by atomic mass is 9.88. The molecule has 0 bridgehead atoms. The number of nitrogens with zero attached hydrogens (tertiary/aromatic N) is 1. The molecule has 2 atom stereocenters. The van der Waals surface area contributed by atoms with Crippen molar-refractivity contribution in [3.05, 3.63) is 65.7 Å². The van der Waals surface area contributed by atoms with Gasteiger partial charge in [0.15, 0.2) is 0 Å². The summed E-state index contributed by atoms with van der Waals surface area (Å²) in [5.74, 6) is 1.42. The minimum atomic E-state index is 0.256. The number of ether oxygens (including phenoxy) is 1. The van der Waals surface area contributed by atoms with E-state index >= 15 is 0 Å². The summed E-state index contributed by atoms with van der Waals surface area (Å²) in [6.07, 6.45) is 1.33. The molecule has 2 aromatic carbocycles. The number of hydrogen-bond acceptors (Lipinski definition) is 2. The van der Waals surface area contributed by atoms with E-state index < -0.39 is 0 Å². The Morgan fingerprint density at radius 1 is 1.00 bits per heavy atom. The smallest absolute Gasteiger partial charge is 0.119 e. The minimum absolute atomic E-state index is 0.256. The van der Waals surface area contributed by atoms with Crippen LogP contribution in [0.1, 0.15) is 23.5 Å². The number of hydrogen-bond donors (Lipinski definition) is 0. The largest absolute Gasteiger partial charge is 0.490 e. The van der Waals surface area contributed by atoms with Crippen LogP contribution in [-0.2, 0) is 0 Å². The number of likely N-dealkylation sites (N-methyl/N-ethyl adjacent to an activating group) is 1. The predicted molar refractivity (Wildman–Crippen MR) is 86.9 cm³/mol. The molecule has 0 aliphatic carbocycles. The van der Waals surface area contributed by atoms with Gasteiger partial charge in [-0.2, -0.15) is 0 Å². The SMILES string of the molecule is Cc1ccc(O[C@@H]2CCN(C)C[C@@H]2c2ccccc2)cc1. The second-order valence-electron chi connectivity index (χ2n) is 6.04. The normalized spacial score (nSPS) is 23.0. The quantitative estimate of drug-likeness (QED) is 0.847. The molecule has 0 N–H and O–H groups in total. The molecular formula is C19H23NO. The number of aryl methyl sites for hydroxylation is 1. The summed E-state index contributed by atoms with van der Waals surface area (Å²) < 4.78 is 6.30. The molecule has 0 saturated carbocycles. The molecule has 0 amide bonds. The van der Waals surface area contributed by atoms with Gasteiger partial charge in [-0.25, -0.2) is 0 Å². The predicted octanol–water partition coefficient (Wildman–Crippen LogP) is 3.86. The van der Waals surface area contributed by atoms with Crippen LogP contribution < -0.4 is 4.74 Å². The Labute approximate surface area is 127 Å². The van der Waals surface area contributed by atoms with Gasteiger partial charge in [0, 0.05) is 19.0 Å². The zero-order chi connectivity index (χ0) is 14.7. The van der Waals surface area contributed by atoms with E-state index in [4.69, 9.17) is 4.74 Å². The molecule has 0 unspecified atom stereocenters. The zero-order valence-electron chi connectivity index (χ0n) is 12.8. The summed E-state index contributed by atoms with van der Waals surface area (Å²) in [5.41, 5.74) is 2.64. The van der Waals surface area contributed by atoms with Crippen LogP contribution in [0.4, 0.5) is 0 Å². The summed E-state index contributed by atoms with van der Waals surface area (Å²) in [4.78, 5) is 2.40. The Hall–Kier alpha value is -1.80. The van der Waals surface area contributed by atoms with E-state index in [1.807, 2.05) is 0 Å². The van der Waals surface area contributed by atoms with Crippen molar-refractivity contribution >= 4 is 0 Å². The highest BCUT2D eigenvalue weighted by molar-refractivity contribution is 5.28. The molecule has 110 valence electrons. The molecule has 2 nitrogen and oxygen atoms in total. The van der Waals surface area contributed by atoms with Crippen LogP contribution in [0.5, 0.6) is 5.75 Å². The molecule has 1 heterocycles. The highest BCUT2D eigenvalue weighted by atomic mass is 16.5. The first kappa shape index (κ1) is 14.2. The highest BCUT2D eigenvalue weighted by Gasteiger charge is 2.30. The minimum Gasteiger partial charge on any atom is -0.490 e. The van der Waals surface area contributed by atoms with Crippen LogP contribution in [0.25, 0.3) is 0 Å². The van der Waals surface area contributed by atoms with Gasteiger partial charge in [0.1, 0.15) is 11.9 Å². The Bertz CT molecular complexity index is 564. The first-order valence-electron chi connectivity index (χ1n) is 7.69. The Morgan fingerprint density at radius 2 is 1.71 bits per heavy atom. The fourth-order valence-electron chi connectivity index (χ4n) is 3.05. The van der Waals surface area contributed by atoms with Crippen molar-refractivity contribution in [2.75, 3.05) is 20.1 Å². The van der Waals surface area contributed by atoms with E-state index in [2.05, 4.69) is 73.5 Å². The van der Waals surface area contributed by atoms with Gasteiger partial charge >= 0.3 is 0 Å². The third kappa shape index (κ3) is 3.45. The van der Waals surface area contributed by atoms with Crippen molar-refractivity contribution < 1.29 is 4.74 Å². The lowest BCUT2D eigenvalue weighted by Gasteiger charge is -2.37. The third-order valence-electron chi connectivity index (χ3n) is 4.29. The van der Waals surface area contributed by atoms with E-state index in [-0.39, 0.29) is 6.10 Å². The van der Waals surface area contributed by atoms with Crippen molar-refractivity contribution in [1.29, 1.82) is 0 Å². The molecule has 0 aromatic heterocycles. The summed E-state index contributed by atoms with van der Waals surface area (Å²) in [6, 6.07) is 19.1. The number of rotatable bonds is 3. The summed E-state index contributed by atoms with van der Waals surface area (Å²) in [6.45, 7) is 4.26. The van der Waals surface area contributed by atoms with Gasteiger partial charge in [-0.05, 0) is 38.1 Å². The number of likely N-dealkylation sites (tertiary alicyclic amines) is 1. The topological polar surface area (TPSA) is 12.5 Å². The number of piperidine rings is 1. The van der Waals surface area contributed by atoms with Gasteiger partial charge in [0.25, 0.3) is 0 Å². The van der Waals surface area contributed by atoms with Crippen LogP contribution in [0.2, 0.25) is 0 Å². The maximum absolute atomic E-state index is 6.30. The molecule has 0 spiro atoms. The summed E-state index contributed by atoms with van der Waals surface area (Å²) in [5, 5.41) is 0. The van der Waals surface area contributed by atoms with Crippen LogP contribution >= 0.6 is 0 Å². The van der Waals surface area contributed by atoms with Crippen molar-refractivity contribution in [2.45, 2.75) is 25.4 Å². The molecule has 1 aliphatic rings. The lowest BCUT2D eigenvalue weighted by molar-refractivity contribution is 0.0902. The van der Waals surface area contributed by atoms with E-state index in [0.29, 0.717) is 5.92 Å². The van der Waals surface area contributed by atoms with Gasteiger partial charge in [0.2, 0.25) is 0 Å². The van der Waals surface area contributed by atoms with Crippen molar-refractivity contribution in [3.8, 4) is 5.75 Å². The lowest BCUT2D eigenvalue weighted by Crippen LogP contribution is -2.42. The third-order valence-corrected chi connectivity index (χ3v) is 4.29. The highest BCUT2D eigenvalue weighted by Crippen LogP contribution is 2.30. The average Bonchev–Trinajstić information content (AvgIpc) is 2.52. The molecule has 3 rings (SSSR count). The molecule has 2 aromatic rings. The van der Waals surface area contributed by atoms with Crippen molar-refractivity contribution in [1.82, 2.24) is 4.90 Å². The second-order valence-corrected chi connectivity index (χ2v) is 6.04. The van der Waals surface area contributed by atoms with Gasteiger partial charge in [0.05, 0.1) is 0 Å². The van der Waals surface area contributed by atoms with Gasteiger partial charge in [-0.15, -0.1) is 0 Å². The maximum atomic E-state index is 6.30. The summed E-state index contributed by atoms with van der Waals surface area (Å²) >= 11 is 0. The Morgan fingerprint density at radius 3 is 2.43 bits per heavy atom. The Kier molecular flexibility index (Phi) is 4.26. The van der Waals surface area contributed by atoms with Crippen molar-refractivity contribution in [2.24, 2.45) is 0 Å². The molecular weight excluding hydrogens is 258 g/mol. The molecule has 1 fully saturated rings. The molecule has 0 radical (unpaired) electrons. The number of benzene rings is 2. The standard InChI is InChI=1S/C19H23NO/c1-15-8-10-17(11-9-15)21-19-12-13-20(2)14-18(19)16-6-4-3-5-7-16/h3-11,18-19H,12-14H2,1-2H3/t18-,19-/m1/s1. The second kappa shape index (κ2) is 6.31. The van der Waals surface area contributed by atoms with Gasteiger partial charge < -0.3 is 9.64 Å².